The zero-order chi connectivity index (χ0) is 31.8. The number of hydrogen-bond acceptors (Lipinski definition) is 9. The molecular formula is C31H32ClFN6O5S. The number of benzene rings is 2. The molecule has 45 heavy (non-hydrogen) atoms. The number of sulfonamides is 1. The fourth-order valence-corrected chi connectivity index (χ4v) is 6.30. The Morgan fingerprint density at radius 2 is 1.93 bits per heavy atom. The average molecular weight is 655 g/mol. The molecule has 4 aromatic rings. The Kier molecular flexibility index (Phi) is 10.3. The monoisotopic (exact) mass is 654 g/mol. The van der Waals surface area contributed by atoms with Crippen molar-refractivity contribution in [3.05, 3.63) is 83.9 Å². The molecule has 0 saturated carbocycles. The molecule has 0 bridgehead atoms. The van der Waals surface area contributed by atoms with E-state index in [1.165, 1.54) is 42.6 Å². The SMILES string of the molecule is CCCCOC(=O)N1CCC[C@H](Nc2nccc(-c3cccnc3Oc3cccc(NS(=O)(=O)c4ccccc4Cl)c3F)n2)C1. The third-order valence-electron chi connectivity index (χ3n) is 6.98. The second-order valence-electron chi connectivity index (χ2n) is 10.3. The Morgan fingerprint density at radius 1 is 1.09 bits per heavy atom. The molecule has 1 saturated heterocycles. The predicted octanol–water partition coefficient (Wildman–Crippen LogP) is 6.74. The van der Waals surface area contributed by atoms with E-state index in [1.807, 2.05) is 6.92 Å². The molecule has 2 aromatic heterocycles. The average Bonchev–Trinajstić information content (AvgIpc) is 3.03. The van der Waals surface area contributed by atoms with Crippen molar-refractivity contribution in [1.82, 2.24) is 19.9 Å². The van der Waals surface area contributed by atoms with E-state index in [0.717, 1.165) is 25.7 Å². The predicted molar refractivity (Wildman–Crippen MR) is 168 cm³/mol. The van der Waals surface area contributed by atoms with E-state index >= 15 is 4.39 Å². The van der Waals surface area contributed by atoms with Gasteiger partial charge in [-0.15, -0.1) is 0 Å². The van der Waals surface area contributed by atoms with Crippen molar-refractivity contribution in [2.75, 3.05) is 29.7 Å². The molecule has 0 unspecified atom stereocenters. The summed E-state index contributed by atoms with van der Waals surface area (Å²) in [6.45, 7) is 3.52. The molecular weight excluding hydrogens is 623 g/mol. The van der Waals surface area contributed by atoms with Gasteiger partial charge in [-0.2, -0.15) is 0 Å². The molecule has 0 spiro atoms. The Hall–Kier alpha value is -4.49. The maximum absolute atomic E-state index is 15.6. The number of rotatable bonds is 11. The second-order valence-corrected chi connectivity index (χ2v) is 12.3. The molecule has 1 aliphatic rings. The van der Waals surface area contributed by atoms with Gasteiger partial charge in [0.05, 0.1) is 28.6 Å². The van der Waals surface area contributed by atoms with Crippen LogP contribution >= 0.6 is 11.6 Å². The van der Waals surface area contributed by atoms with Crippen LogP contribution in [0.25, 0.3) is 11.3 Å². The summed E-state index contributed by atoms with van der Waals surface area (Å²) >= 11 is 6.05. The van der Waals surface area contributed by atoms with Crippen LogP contribution in [0.15, 0.2) is 78.0 Å². The summed E-state index contributed by atoms with van der Waals surface area (Å²) in [6, 6.07) is 14.9. The number of carbonyl (C=O) groups excluding carboxylic acids is 1. The molecule has 1 atom stereocenters. The number of pyridine rings is 1. The van der Waals surface area contributed by atoms with E-state index in [1.54, 1.807) is 35.4 Å². The number of hydrogen-bond donors (Lipinski definition) is 2. The van der Waals surface area contributed by atoms with Gasteiger partial charge >= 0.3 is 6.09 Å². The molecule has 2 N–H and O–H groups in total. The van der Waals surface area contributed by atoms with Crippen molar-refractivity contribution in [3.63, 3.8) is 0 Å². The van der Waals surface area contributed by atoms with Gasteiger partial charge in [0.1, 0.15) is 4.90 Å². The van der Waals surface area contributed by atoms with E-state index in [9.17, 15) is 13.2 Å². The van der Waals surface area contributed by atoms with Crippen molar-refractivity contribution < 1.29 is 27.1 Å². The van der Waals surface area contributed by atoms with E-state index in [2.05, 4.69) is 25.0 Å². The van der Waals surface area contributed by atoms with Crippen molar-refractivity contribution in [2.45, 2.75) is 43.5 Å². The number of nitrogens with one attached hydrogen (secondary N) is 2. The topological polar surface area (TPSA) is 136 Å². The summed E-state index contributed by atoms with van der Waals surface area (Å²) in [4.78, 5) is 27.2. The van der Waals surface area contributed by atoms with Crippen molar-refractivity contribution in [3.8, 4) is 22.9 Å². The van der Waals surface area contributed by atoms with Crippen LogP contribution in [-0.4, -0.2) is 60.1 Å². The van der Waals surface area contributed by atoms with Crippen LogP contribution in [-0.2, 0) is 14.8 Å². The second kappa shape index (κ2) is 14.5. The number of likely N-dealkylation sites (tertiary alicyclic amines) is 1. The largest absolute Gasteiger partial charge is 0.449 e. The van der Waals surface area contributed by atoms with Crippen molar-refractivity contribution in [2.24, 2.45) is 0 Å². The quantitative estimate of drug-likeness (QED) is 0.169. The molecule has 1 amide bonds. The van der Waals surface area contributed by atoms with Gasteiger partial charge in [-0.05, 0) is 61.7 Å². The summed E-state index contributed by atoms with van der Waals surface area (Å²) in [6.07, 6.45) is 6.13. The van der Waals surface area contributed by atoms with Crippen LogP contribution in [0, 0.1) is 5.82 Å². The molecule has 0 aliphatic carbocycles. The maximum Gasteiger partial charge on any atom is 0.409 e. The first-order valence-electron chi connectivity index (χ1n) is 14.5. The van der Waals surface area contributed by atoms with Gasteiger partial charge in [-0.3, -0.25) is 4.72 Å². The van der Waals surface area contributed by atoms with Gasteiger partial charge in [-0.25, -0.2) is 32.6 Å². The van der Waals surface area contributed by atoms with Crippen LogP contribution in [0.1, 0.15) is 32.6 Å². The fourth-order valence-electron chi connectivity index (χ4n) is 4.72. The molecule has 1 aliphatic heterocycles. The number of anilines is 2. The third kappa shape index (κ3) is 7.97. The Labute approximate surface area is 265 Å². The lowest BCUT2D eigenvalue weighted by molar-refractivity contribution is 0.0920. The number of carbonyl (C=O) groups is 1. The number of ether oxygens (including phenoxy) is 2. The fraction of sp³-hybridized carbons (Fsp3) is 0.290. The standard InChI is InChI=1S/C31H32ClFN6O5S/c1-2-3-19-43-31(40)39-18-8-9-21(20-39)36-30-35-17-15-24(37-30)22-10-7-16-34-29(22)44-26-13-6-12-25(28(26)33)38-45(41,42)27-14-5-4-11-23(27)32/h4-7,10-17,21,38H,2-3,8-9,18-20H2,1H3,(H,35,36,37)/t21-/m0/s1. The summed E-state index contributed by atoms with van der Waals surface area (Å²) in [7, 11) is -4.18. The number of amides is 1. The molecule has 5 rings (SSSR count). The highest BCUT2D eigenvalue weighted by molar-refractivity contribution is 7.92. The smallest absolute Gasteiger partial charge is 0.409 e. The highest BCUT2D eigenvalue weighted by Crippen LogP contribution is 2.35. The normalized spacial score (nSPS) is 14.9. The van der Waals surface area contributed by atoms with Gasteiger partial charge in [0.15, 0.2) is 11.6 Å². The Morgan fingerprint density at radius 3 is 2.76 bits per heavy atom. The highest BCUT2D eigenvalue weighted by Gasteiger charge is 2.26. The lowest BCUT2D eigenvalue weighted by Crippen LogP contribution is -2.45. The Balaban J connectivity index is 1.32. The number of nitrogens with zero attached hydrogens (tertiary/aromatic N) is 4. The van der Waals surface area contributed by atoms with Gasteiger partial charge in [0.25, 0.3) is 10.0 Å². The zero-order valence-electron chi connectivity index (χ0n) is 24.4. The molecule has 236 valence electrons. The van der Waals surface area contributed by atoms with E-state index in [0.29, 0.717) is 36.9 Å². The first-order chi connectivity index (χ1) is 21.7. The third-order valence-corrected chi connectivity index (χ3v) is 8.84. The van der Waals surface area contributed by atoms with Gasteiger partial charge < -0.3 is 19.7 Å². The van der Waals surface area contributed by atoms with Crippen LogP contribution < -0.4 is 14.8 Å². The molecule has 2 aromatic carbocycles. The van der Waals surface area contributed by atoms with Crippen molar-refractivity contribution >= 4 is 39.4 Å². The first-order valence-corrected chi connectivity index (χ1v) is 16.3. The molecule has 1 fully saturated rings. The maximum atomic E-state index is 15.6. The van der Waals surface area contributed by atoms with Crippen LogP contribution in [0.3, 0.4) is 0 Å². The van der Waals surface area contributed by atoms with Crippen LogP contribution in [0.4, 0.5) is 20.8 Å². The molecule has 3 heterocycles. The number of unbranched alkanes of at least 4 members (excludes halogenated alkanes) is 1. The Bertz CT molecular complexity index is 1760. The summed E-state index contributed by atoms with van der Waals surface area (Å²) in [5, 5.41) is 3.30. The minimum atomic E-state index is -4.18. The van der Waals surface area contributed by atoms with Crippen molar-refractivity contribution in [1.29, 1.82) is 0 Å². The van der Waals surface area contributed by atoms with Gasteiger partial charge in [0, 0.05) is 31.5 Å². The summed E-state index contributed by atoms with van der Waals surface area (Å²) in [5.41, 5.74) is 0.585. The minimum absolute atomic E-state index is 0.000349. The van der Waals surface area contributed by atoms with Gasteiger partial charge in [0.2, 0.25) is 11.8 Å². The molecule has 11 nitrogen and oxygen atoms in total. The summed E-state index contributed by atoms with van der Waals surface area (Å²) < 4.78 is 54.8. The number of halogens is 2. The summed E-state index contributed by atoms with van der Waals surface area (Å²) in [5.74, 6) is -0.804. The molecule has 0 radical (unpaired) electrons. The highest BCUT2D eigenvalue weighted by atomic mass is 35.5. The number of aromatic nitrogens is 3. The minimum Gasteiger partial charge on any atom is -0.449 e. The van der Waals surface area contributed by atoms with E-state index < -0.39 is 15.8 Å². The first kappa shape index (κ1) is 31.9. The lowest BCUT2D eigenvalue weighted by Gasteiger charge is -2.32. The van der Waals surface area contributed by atoms with Crippen LogP contribution in [0.5, 0.6) is 11.6 Å². The lowest BCUT2D eigenvalue weighted by atomic mass is 10.1. The van der Waals surface area contributed by atoms with E-state index in [4.69, 9.17) is 21.1 Å². The van der Waals surface area contributed by atoms with E-state index in [-0.39, 0.29) is 39.4 Å². The zero-order valence-corrected chi connectivity index (χ0v) is 26.0. The van der Waals surface area contributed by atoms with Gasteiger partial charge in [-0.1, -0.05) is 43.1 Å². The molecule has 14 heteroatoms. The number of piperidine rings is 1. The van der Waals surface area contributed by atoms with Crippen LogP contribution in [0.2, 0.25) is 5.02 Å².